The van der Waals surface area contributed by atoms with Crippen LogP contribution in [-0.4, -0.2) is 36.5 Å². The highest BCUT2D eigenvalue weighted by Crippen LogP contribution is 2.28. The highest BCUT2D eigenvalue weighted by molar-refractivity contribution is 5.91. The lowest BCUT2D eigenvalue weighted by molar-refractivity contribution is -0.136. The Morgan fingerprint density at radius 3 is 2.26 bits per heavy atom. The van der Waals surface area contributed by atoms with E-state index in [4.69, 9.17) is 4.74 Å². The van der Waals surface area contributed by atoms with Crippen molar-refractivity contribution < 1.29 is 14.3 Å². The number of ether oxygens (including phenoxy) is 1. The Morgan fingerprint density at radius 1 is 1.00 bits per heavy atom. The molecule has 3 rings (SSSR count). The number of hydrogen-bond acceptors (Lipinski definition) is 4. The number of benzene rings is 2. The van der Waals surface area contributed by atoms with Crippen LogP contribution in [0.1, 0.15) is 70.3 Å². The molecule has 2 N–H and O–H groups in total. The number of methoxy groups -OCH3 is 1. The zero-order valence-corrected chi connectivity index (χ0v) is 20.8. The zero-order valence-electron chi connectivity index (χ0n) is 20.8. The van der Waals surface area contributed by atoms with E-state index in [2.05, 4.69) is 10.7 Å². The molecule has 2 amide bonds. The van der Waals surface area contributed by atoms with E-state index in [1.165, 1.54) is 19.3 Å². The van der Waals surface area contributed by atoms with Crippen LogP contribution in [0.2, 0.25) is 0 Å². The first-order chi connectivity index (χ1) is 16.5. The fourth-order valence-corrected chi connectivity index (χ4v) is 4.81. The lowest BCUT2D eigenvalue weighted by Gasteiger charge is -2.32. The van der Waals surface area contributed by atoms with Gasteiger partial charge in [-0.1, -0.05) is 69.4 Å². The molecule has 0 heterocycles. The molecule has 0 saturated heterocycles. The molecule has 6 heteroatoms. The second-order valence-electron chi connectivity index (χ2n) is 9.10. The Balaban J connectivity index is 1.76. The van der Waals surface area contributed by atoms with Crippen LogP contribution in [0, 0.1) is 5.92 Å². The minimum Gasteiger partial charge on any atom is -0.497 e. The molecule has 1 aliphatic carbocycles. The van der Waals surface area contributed by atoms with Crippen LogP contribution in [0.5, 0.6) is 5.75 Å². The molecule has 1 aliphatic rings. The Bertz CT molecular complexity index is 895. The summed E-state index contributed by atoms with van der Waals surface area (Å²) in [6, 6.07) is 16.7. The zero-order chi connectivity index (χ0) is 24.3. The van der Waals surface area contributed by atoms with Crippen molar-refractivity contribution in [2.24, 2.45) is 5.92 Å². The smallest absolute Gasteiger partial charge is 0.263 e. The molecule has 0 bridgehead atoms. The van der Waals surface area contributed by atoms with Crippen molar-refractivity contribution >= 4 is 17.5 Å². The lowest BCUT2D eigenvalue weighted by atomic mass is 9.84. The van der Waals surface area contributed by atoms with E-state index >= 15 is 0 Å². The standard InChI is InChI=1S/C28H39N3O3/c1-4-25(22-14-10-7-11-15-22)27(32)29-26(20-21-12-8-6-9-13-21)28(33)31(5-2)30-23-16-18-24(34-3)19-17-23/h7,10-11,14-19,21,25-26,30H,4-6,8-9,12-13,20H2,1-3H3,(H,29,32). The molecule has 2 unspecified atom stereocenters. The van der Waals surface area contributed by atoms with Gasteiger partial charge in [0.15, 0.2) is 0 Å². The number of hydrogen-bond donors (Lipinski definition) is 2. The quantitative estimate of drug-likeness (QED) is 0.429. The summed E-state index contributed by atoms with van der Waals surface area (Å²) in [6.45, 7) is 4.43. The van der Waals surface area contributed by atoms with Crippen molar-refractivity contribution in [3.8, 4) is 5.75 Å². The van der Waals surface area contributed by atoms with Crippen LogP contribution in [0.15, 0.2) is 54.6 Å². The summed E-state index contributed by atoms with van der Waals surface area (Å²) in [5.41, 5.74) is 5.00. The molecule has 0 spiro atoms. The maximum absolute atomic E-state index is 13.7. The van der Waals surface area contributed by atoms with Crippen molar-refractivity contribution in [1.82, 2.24) is 10.3 Å². The van der Waals surface area contributed by atoms with Gasteiger partial charge < -0.3 is 10.1 Å². The number of nitrogens with one attached hydrogen (secondary N) is 2. The summed E-state index contributed by atoms with van der Waals surface area (Å²) in [6.07, 6.45) is 7.25. The molecule has 2 aromatic rings. The molecule has 0 aliphatic heterocycles. The van der Waals surface area contributed by atoms with E-state index in [1.54, 1.807) is 12.1 Å². The number of carbonyl (C=O) groups excluding carboxylic acids is 2. The average molecular weight is 466 g/mol. The molecule has 0 radical (unpaired) electrons. The van der Waals surface area contributed by atoms with E-state index in [0.717, 1.165) is 29.8 Å². The van der Waals surface area contributed by atoms with Crippen LogP contribution in [-0.2, 0) is 9.59 Å². The highest BCUT2D eigenvalue weighted by atomic mass is 16.5. The first kappa shape index (κ1) is 25.6. The number of anilines is 1. The normalized spacial score (nSPS) is 15.7. The molecule has 2 atom stereocenters. The molecule has 0 aromatic heterocycles. The number of carbonyl (C=O) groups is 2. The van der Waals surface area contributed by atoms with Gasteiger partial charge >= 0.3 is 0 Å². The van der Waals surface area contributed by atoms with Crippen molar-refractivity contribution in [2.45, 2.75) is 70.8 Å². The molecule has 2 aromatic carbocycles. The largest absolute Gasteiger partial charge is 0.497 e. The Morgan fingerprint density at radius 2 is 1.68 bits per heavy atom. The Kier molecular flexibility index (Phi) is 9.80. The van der Waals surface area contributed by atoms with Gasteiger partial charge in [-0.25, -0.2) is 0 Å². The summed E-state index contributed by atoms with van der Waals surface area (Å²) < 4.78 is 5.23. The predicted molar refractivity (Wildman–Crippen MR) is 137 cm³/mol. The van der Waals surface area contributed by atoms with Crippen LogP contribution in [0.3, 0.4) is 0 Å². The van der Waals surface area contributed by atoms with Gasteiger partial charge in [-0.2, -0.15) is 0 Å². The molecular weight excluding hydrogens is 426 g/mol. The van der Waals surface area contributed by atoms with Gasteiger partial charge in [0.2, 0.25) is 5.91 Å². The summed E-state index contributed by atoms with van der Waals surface area (Å²) >= 11 is 0. The molecular formula is C28H39N3O3. The monoisotopic (exact) mass is 465 g/mol. The minimum atomic E-state index is -0.556. The highest BCUT2D eigenvalue weighted by Gasteiger charge is 2.31. The first-order valence-electron chi connectivity index (χ1n) is 12.6. The molecule has 184 valence electrons. The van der Waals surface area contributed by atoms with E-state index in [9.17, 15) is 9.59 Å². The summed E-state index contributed by atoms with van der Waals surface area (Å²) in [4.78, 5) is 27.0. The summed E-state index contributed by atoms with van der Waals surface area (Å²) in [5.74, 6) is 0.768. The number of hydrazine groups is 1. The molecule has 1 fully saturated rings. The third-order valence-electron chi connectivity index (χ3n) is 6.77. The van der Waals surface area contributed by atoms with Gasteiger partial charge in [-0.3, -0.25) is 20.0 Å². The second kappa shape index (κ2) is 13.0. The van der Waals surface area contributed by atoms with Gasteiger partial charge in [0.05, 0.1) is 18.7 Å². The van der Waals surface area contributed by atoms with Crippen molar-refractivity contribution in [2.75, 3.05) is 19.1 Å². The van der Waals surface area contributed by atoms with Crippen LogP contribution in [0.25, 0.3) is 0 Å². The number of likely N-dealkylation sites (N-methyl/N-ethyl adjacent to an activating group) is 1. The molecule has 34 heavy (non-hydrogen) atoms. The summed E-state index contributed by atoms with van der Waals surface area (Å²) in [7, 11) is 1.63. The van der Waals surface area contributed by atoms with Gasteiger partial charge in [0, 0.05) is 6.54 Å². The van der Waals surface area contributed by atoms with Crippen molar-refractivity contribution in [3.63, 3.8) is 0 Å². The number of amides is 2. The average Bonchev–Trinajstić information content (AvgIpc) is 2.88. The minimum absolute atomic E-state index is 0.0802. The van der Waals surface area contributed by atoms with Crippen LogP contribution < -0.4 is 15.5 Å². The fourth-order valence-electron chi connectivity index (χ4n) is 4.81. The van der Waals surface area contributed by atoms with Gasteiger partial charge in [-0.05, 0) is 55.5 Å². The van der Waals surface area contributed by atoms with Crippen LogP contribution in [0.4, 0.5) is 5.69 Å². The lowest BCUT2D eigenvalue weighted by Crippen LogP contribution is -2.52. The van der Waals surface area contributed by atoms with E-state index < -0.39 is 6.04 Å². The maximum atomic E-state index is 13.7. The van der Waals surface area contributed by atoms with Gasteiger partial charge in [0.1, 0.15) is 11.8 Å². The third-order valence-corrected chi connectivity index (χ3v) is 6.77. The van der Waals surface area contributed by atoms with E-state index in [0.29, 0.717) is 25.3 Å². The van der Waals surface area contributed by atoms with Crippen LogP contribution >= 0.6 is 0 Å². The SMILES string of the molecule is CCC(C(=O)NC(CC1CCCCC1)C(=O)N(CC)Nc1ccc(OC)cc1)c1ccccc1. The number of nitrogens with zero attached hydrogens (tertiary/aromatic N) is 1. The second-order valence-corrected chi connectivity index (χ2v) is 9.10. The Hall–Kier alpha value is -3.02. The van der Waals surface area contributed by atoms with E-state index in [1.807, 2.05) is 68.4 Å². The van der Waals surface area contributed by atoms with Gasteiger partial charge in [0.25, 0.3) is 5.91 Å². The topological polar surface area (TPSA) is 70.7 Å². The van der Waals surface area contributed by atoms with E-state index in [-0.39, 0.29) is 17.7 Å². The number of rotatable bonds is 11. The Labute approximate surface area is 204 Å². The molecule has 1 saturated carbocycles. The third kappa shape index (κ3) is 6.99. The first-order valence-corrected chi connectivity index (χ1v) is 12.6. The maximum Gasteiger partial charge on any atom is 0.263 e. The van der Waals surface area contributed by atoms with Gasteiger partial charge in [-0.15, -0.1) is 0 Å². The predicted octanol–water partition coefficient (Wildman–Crippen LogP) is 5.52. The summed E-state index contributed by atoms with van der Waals surface area (Å²) in [5, 5.41) is 4.75. The van der Waals surface area contributed by atoms with Crippen molar-refractivity contribution in [1.29, 1.82) is 0 Å². The van der Waals surface area contributed by atoms with Crippen molar-refractivity contribution in [3.05, 3.63) is 60.2 Å². The molecule has 6 nitrogen and oxygen atoms in total. The fraction of sp³-hybridized carbons (Fsp3) is 0.500.